The molecule has 4 nitrogen and oxygen atoms in total. The second kappa shape index (κ2) is 5.54. The number of hydrogen-bond acceptors (Lipinski definition) is 3. The summed E-state index contributed by atoms with van der Waals surface area (Å²) in [5, 5.41) is 0. The zero-order valence-corrected chi connectivity index (χ0v) is 11.0. The SMILES string of the molecule is Nc1ccc(S(=O)(=O)NCCC2=CCCC2)cc1. The Balaban J connectivity index is 1.92. The van der Waals surface area contributed by atoms with E-state index in [-0.39, 0.29) is 4.90 Å². The summed E-state index contributed by atoms with van der Waals surface area (Å²) >= 11 is 0. The molecule has 0 aliphatic heterocycles. The van der Waals surface area contributed by atoms with E-state index in [0.29, 0.717) is 12.2 Å². The van der Waals surface area contributed by atoms with Gasteiger partial charge in [-0.25, -0.2) is 13.1 Å². The summed E-state index contributed by atoms with van der Waals surface area (Å²) in [5.41, 5.74) is 7.45. The van der Waals surface area contributed by atoms with E-state index in [1.165, 1.54) is 24.1 Å². The number of rotatable bonds is 5. The molecule has 1 aliphatic rings. The van der Waals surface area contributed by atoms with E-state index < -0.39 is 10.0 Å². The van der Waals surface area contributed by atoms with Crippen molar-refractivity contribution in [1.82, 2.24) is 4.72 Å². The predicted molar refractivity (Wildman–Crippen MR) is 72.6 cm³/mol. The monoisotopic (exact) mass is 266 g/mol. The van der Waals surface area contributed by atoms with Crippen molar-refractivity contribution in [3.05, 3.63) is 35.9 Å². The molecular weight excluding hydrogens is 248 g/mol. The first-order chi connectivity index (χ1) is 8.58. The Morgan fingerprint density at radius 3 is 2.56 bits per heavy atom. The second-order valence-corrected chi connectivity index (χ2v) is 6.24. The molecule has 1 aromatic carbocycles. The second-order valence-electron chi connectivity index (χ2n) is 4.47. The third-order valence-electron chi connectivity index (χ3n) is 3.06. The van der Waals surface area contributed by atoms with Crippen molar-refractivity contribution in [2.75, 3.05) is 12.3 Å². The fraction of sp³-hybridized carbons (Fsp3) is 0.385. The number of nitrogens with one attached hydrogen (secondary N) is 1. The first-order valence-corrected chi connectivity index (χ1v) is 7.59. The van der Waals surface area contributed by atoms with Gasteiger partial charge in [-0.15, -0.1) is 0 Å². The van der Waals surface area contributed by atoms with Crippen LogP contribution in [0.4, 0.5) is 5.69 Å². The van der Waals surface area contributed by atoms with Gasteiger partial charge in [0.15, 0.2) is 0 Å². The topological polar surface area (TPSA) is 72.2 Å². The van der Waals surface area contributed by atoms with Gasteiger partial charge in [0.2, 0.25) is 10.0 Å². The lowest BCUT2D eigenvalue weighted by molar-refractivity contribution is 0.581. The van der Waals surface area contributed by atoms with Crippen molar-refractivity contribution in [2.45, 2.75) is 30.6 Å². The molecule has 0 atom stereocenters. The maximum absolute atomic E-state index is 11.9. The highest BCUT2D eigenvalue weighted by atomic mass is 32.2. The lowest BCUT2D eigenvalue weighted by Crippen LogP contribution is -2.25. The van der Waals surface area contributed by atoms with Gasteiger partial charge in [0, 0.05) is 12.2 Å². The summed E-state index contributed by atoms with van der Waals surface area (Å²) in [7, 11) is -3.40. The van der Waals surface area contributed by atoms with Crippen LogP contribution in [0, 0.1) is 0 Å². The minimum atomic E-state index is -3.40. The van der Waals surface area contributed by atoms with E-state index in [0.717, 1.165) is 19.3 Å². The highest BCUT2D eigenvalue weighted by Crippen LogP contribution is 2.20. The smallest absolute Gasteiger partial charge is 0.240 e. The van der Waals surface area contributed by atoms with Gasteiger partial charge in [0.1, 0.15) is 0 Å². The van der Waals surface area contributed by atoms with Crippen LogP contribution in [0.3, 0.4) is 0 Å². The standard InChI is InChI=1S/C13H18N2O2S/c14-12-5-7-13(8-6-12)18(16,17)15-10-9-11-3-1-2-4-11/h3,5-8,15H,1-2,4,9-10,14H2. The van der Waals surface area contributed by atoms with Gasteiger partial charge in [0.25, 0.3) is 0 Å². The van der Waals surface area contributed by atoms with Gasteiger partial charge in [0.05, 0.1) is 4.90 Å². The third-order valence-corrected chi connectivity index (χ3v) is 4.54. The highest BCUT2D eigenvalue weighted by molar-refractivity contribution is 7.89. The zero-order chi connectivity index (χ0) is 13.0. The molecule has 0 saturated heterocycles. The lowest BCUT2D eigenvalue weighted by Gasteiger charge is -2.07. The summed E-state index contributed by atoms with van der Waals surface area (Å²) in [6.07, 6.45) is 6.43. The molecule has 0 radical (unpaired) electrons. The minimum Gasteiger partial charge on any atom is -0.399 e. The normalized spacial score (nSPS) is 15.7. The Labute approximate surface area is 108 Å². The van der Waals surface area contributed by atoms with Crippen LogP contribution >= 0.6 is 0 Å². The number of hydrogen-bond donors (Lipinski definition) is 2. The van der Waals surface area contributed by atoms with Gasteiger partial charge < -0.3 is 5.73 Å². The van der Waals surface area contributed by atoms with Crippen LogP contribution in [0.15, 0.2) is 40.8 Å². The quantitative estimate of drug-likeness (QED) is 0.633. The molecule has 0 unspecified atom stereocenters. The van der Waals surface area contributed by atoms with Crippen molar-refractivity contribution in [2.24, 2.45) is 0 Å². The molecule has 1 aliphatic carbocycles. The van der Waals surface area contributed by atoms with E-state index in [2.05, 4.69) is 10.8 Å². The molecule has 0 aromatic heterocycles. The maximum Gasteiger partial charge on any atom is 0.240 e. The van der Waals surface area contributed by atoms with E-state index >= 15 is 0 Å². The van der Waals surface area contributed by atoms with E-state index in [1.54, 1.807) is 12.1 Å². The van der Waals surface area contributed by atoms with Crippen LogP contribution < -0.4 is 10.5 Å². The molecule has 3 N–H and O–H groups in total. The van der Waals surface area contributed by atoms with Crippen LogP contribution in [0.5, 0.6) is 0 Å². The van der Waals surface area contributed by atoms with Crippen LogP contribution in [0.25, 0.3) is 0 Å². The number of benzene rings is 1. The van der Waals surface area contributed by atoms with Gasteiger partial charge in [-0.1, -0.05) is 11.6 Å². The highest BCUT2D eigenvalue weighted by Gasteiger charge is 2.13. The van der Waals surface area contributed by atoms with Gasteiger partial charge in [-0.2, -0.15) is 0 Å². The van der Waals surface area contributed by atoms with E-state index in [1.807, 2.05) is 0 Å². The molecule has 0 spiro atoms. The summed E-state index contributed by atoms with van der Waals surface area (Å²) in [4.78, 5) is 0.261. The fourth-order valence-electron chi connectivity index (χ4n) is 2.04. The molecule has 2 rings (SSSR count). The maximum atomic E-state index is 11.9. The van der Waals surface area contributed by atoms with Crippen LogP contribution in [-0.4, -0.2) is 15.0 Å². The largest absolute Gasteiger partial charge is 0.399 e. The van der Waals surface area contributed by atoms with Crippen molar-refractivity contribution in [3.63, 3.8) is 0 Å². The molecule has 0 heterocycles. The average Bonchev–Trinajstić information content (AvgIpc) is 2.82. The number of nitrogen functional groups attached to an aromatic ring is 1. The first kappa shape index (κ1) is 13.1. The van der Waals surface area contributed by atoms with Crippen molar-refractivity contribution < 1.29 is 8.42 Å². The van der Waals surface area contributed by atoms with Crippen LogP contribution in [0.1, 0.15) is 25.7 Å². The Kier molecular flexibility index (Phi) is 4.04. The predicted octanol–water partition coefficient (Wildman–Crippen LogP) is 2.05. The Morgan fingerprint density at radius 1 is 1.22 bits per heavy atom. The van der Waals surface area contributed by atoms with Crippen LogP contribution in [-0.2, 0) is 10.0 Å². The Hall–Kier alpha value is -1.33. The average molecular weight is 266 g/mol. The number of allylic oxidation sites excluding steroid dienone is 1. The number of anilines is 1. The first-order valence-electron chi connectivity index (χ1n) is 6.11. The third kappa shape index (κ3) is 3.34. The van der Waals surface area contributed by atoms with Crippen LogP contribution in [0.2, 0.25) is 0 Å². The van der Waals surface area contributed by atoms with Crippen molar-refractivity contribution >= 4 is 15.7 Å². The Morgan fingerprint density at radius 2 is 1.94 bits per heavy atom. The summed E-state index contributed by atoms with van der Waals surface area (Å²) in [6, 6.07) is 6.22. The zero-order valence-electron chi connectivity index (χ0n) is 10.2. The molecule has 5 heteroatoms. The minimum absolute atomic E-state index is 0.261. The molecule has 0 fully saturated rings. The molecule has 0 amide bonds. The van der Waals surface area contributed by atoms with E-state index in [9.17, 15) is 8.42 Å². The molecule has 0 bridgehead atoms. The van der Waals surface area contributed by atoms with E-state index in [4.69, 9.17) is 5.73 Å². The molecule has 18 heavy (non-hydrogen) atoms. The van der Waals surface area contributed by atoms with Gasteiger partial charge in [-0.05, 0) is 49.9 Å². The van der Waals surface area contributed by atoms with Gasteiger partial charge in [-0.3, -0.25) is 0 Å². The number of sulfonamides is 1. The molecular formula is C13H18N2O2S. The molecule has 98 valence electrons. The van der Waals surface area contributed by atoms with Gasteiger partial charge >= 0.3 is 0 Å². The van der Waals surface area contributed by atoms with Crippen molar-refractivity contribution in [1.29, 1.82) is 0 Å². The number of nitrogens with two attached hydrogens (primary N) is 1. The fourth-order valence-corrected chi connectivity index (χ4v) is 3.07. The van der Waals surface area contributed by atoms with Crippen molar-refractivity contribution in [3.8, 4) is 0 Å². The molecule has 0 saturated carbocycles. The lowest BCUT2D eigenvalue weighted by atomic mass is 10.2. The summed E-state index contributed by atoms with van der Waals surface area (Å²) in [5.74, 6) is 0. The summed E-state index contributed by atoms with van der Waals surface area (Å²) < 4.78 is 26.5. The Bertz CT molecular complexity index is 533. The molecule has 1 aromatic rings. The summed E-state index contributed by atoms with van der Waals surface area (Å²) in [6.45, 7) is 0.457.